The van der Waals surface area contributed by atoms with Crippen molar-refractivity contribution in [2.75, 3.05) is 32.4 Å². The summed E-state index contributed by atoms with van der Waals surface area (Å²) >= 11 is 0. The van der Waals surface area contributed by atoms with Gasteiger partial charge in [-0.2, -0.15) is 4.31 Å². The van der Waals surface area contributed by atoms with Crippen molar-refractivity contribution in [2.45, 2.75) is 32.6 Å². The molecule has 6 heteroatoms. The number of carbonyl (C=O) groups is 1. The van der Waals surface area contributed by atoms with Crippen LogP contribution in [-0.2, 0) is 14.8 Å². The number of piperidine rings is 1. The van der Waals surface area contributed by atoms with Crippen LogP contribution in [-0.4, -0.2) is 56.0 Å². The van der Waals surface area contributed by atoms with Crippen LogP contribution in [0.1, 0.15) is 32.6 Å². The Hall–Kier alpha value is -0.620. The second-order valence-corrected chi connectivity index (χ2v) is 6.52. The zero-order chi connectivity index (χ0) is 12.9. The molecule has 0 N–H and O–H groups in total. The van der Waals surface area contributed by atoms with Gasteiger partial charge in [0, 0.05) is 19.6 Å². The molecule has 1 aliphatic heterocycles. The molecule has 17 heavy (non-hydrogen) atoms. The molecular weight excluding hydrogens is 240 g/mol. The van der Waals surface area contributed by atoms with Crippen molar-refractivity contribution < 1.29 is 13.2 Å². The first kappa shape index (κ1) is 14.4. The maximum Gasteiger partial charge on any atom is 0.237 e. The molecule has 0 spiro atoms. The molecule has 1 amide bonds. The molecule has 1 aliphatic rings. The van der Waals surface area contributed by atoms with E-state index in [1.54, 1.807) is 4.90 Å². The van der Waals surface area contributed by atoms with Crippen molar-refractivity contribution in [3.8, 4) is 0 Å². The molecule has 0 saturated carbocycles. The summed E-state index contributed by atoms with van der Waals surface area (Å²) in [5, 5.41) is 0. The average molecular weight is 262 g/mol. The fraction of sp³-hybridized carbons (Fsp3) is 0.909. The topological polar surface area (TPSA) is 57.7 Å². The fourth-order valence-electron chi connectivity index (χ4n) is 2.01. The van der Waals surface area contributed by atoms with Crippen LogP contribution in [0.3, 0.4) is 0 Å². The van der Waals surface area contributed by atoms with Gasteiger partial charge in [0.25, 0.3) is 0 Å². The van der Waals surface area contributed by atoms with E-state index >= 15 is 0 Å². The lowest BCUT2D eigenvalue weighted by atomic mass is 10.1. The van der Waals surface area contributed by atoms with Crippen LogP contribution in [0.5, 0.6) is 0 Å². The minimum Gasteiger partial charge on any atom is -0.342 e. The molecule has 1 fully saturated rings. The molecule has 0 atom stereocenters. The first-order valence-electron chi connectivity index (χ1n) is 6.18. The van der Waals surface area contributed by atoms with Gasteiger partial charge in [0.15, 0.2) is 0 Å². The van der Waals surface area contributed by atoms with E-state index < -0.39 is 10.0 Å². The highest BCUT2D eigenvalue weighted by Gasteiger charge is 2.23. The van der Waals surface area contributed by atoms with Crippen LogP contribution in [0.4, 0.5) is 0 Å². The molecule has 0 aromatic rings. The third-order valence-corrected chi connectivity index (χ3v) is 4.21. The summed E-state index contributed by atoms with van der Waals surface area (Å²) in [5.41, 5.74) is 0. The molecule has 5 nitrogen and oxygen atoms in total. The van der Waals surface area contributed by atoms with E-state index in [4.69, 9.17) is 0 Å². The van der Waals surface area contributed by atoms with Crippen molar-refractivity contribution in [3.63, 3.8) is 0 Å². The summed E-state index contributed by atoms with van der Waals surface area (Å²) in [4.78, 5) is 13.7. The Morgan fingerprint density at radius 3 is 2.29 bits per heavy atom. The Morgan fingerprint density at radius 2 is 1.82 bits per heavy atom. The van der Waals surface area contributed by atoms with E-state index in [9.17, 15) is 13.2 Å². The highest BCUT2D eigenvalue weighted by atomic mass is 32.2. The van der Waals surface area contributed by atoms with Gasteiger partial charge in [0.2, 0.25) is 15.9 Å². The van der Waals surface area contributed by atoms with Gasteiger partial charge in [0.1, 0.15) is 0 Å². The number of hydrogen-bond acceptors (Lipinski definition) is 3. The second-order valence-electron chi connectivity index (χ2n) is 4.54. The predicted octanol–water partition coefficient (Wildman–Crippen LogP) is 0.671. The lowest BCUT2D eigenvalue weighted by Crippen LogP contribution is -2.44. The SMILES string of the molecule is CCCN(CC(=O)N1CCCCC1)S(C)(=O)=O. The summed E-state index contributed by atoms with van der Waals surface area (Å²) in [6, 6.07) is 0. The molecule has 1 heterocycles. The summed E-state index contributed by atoms with van der Waals surface area (Å²) in [6.45, 7) is 3.85. The minimum absolute atomic E-state index is 0.00727. The van der Waals surface area contributed by atoms with Gasteiger partial charge < -0.3 is 4.90 Å². The van der Waals surface area contributed by atoms with Crippen LogP contribution < -0.4 is 0 Å². The lowest BCUT2D eigenvalue weighted by molar-refractivity contribution is -0.132. The maximum atomic E-state index is 11.9. The normalized spacial score (nSPS) is 17.5. The summed E-state index contributed by atoms with van der Waals surface area (Å²) in [6.07, 6.45) is 5.10. The van der Waals surface area contributed by atoms with Gasteiger partial charge >= 0.3 is 0 Å². The van der Waals surface area contributed by atoms with Gasteiger partial charge in [-0.05, 0) is 25.7 Å². The summed E-state index contributed by atoms with van der Waals surface area (Å²) < 4.78 is 24.3. The van der Waals surface area contributed by atoms with Crippen LogP contribution in [0.2, 0.25) is 0 Å². The van der Waals surface area contributed by atoms with Crippen LogP contribution in [0, 0.1) is 0 Å². The number of hydrogen-bond donors (Lipinski definition) is 0. The number of carbonyl (C=O) groups excluding carboxylic acids is 1. The molecule has 0 unspecified atom stereocenters. The Kier molecular flexibility index (Phi) is 5.39. The maximum absolute atomic E-state index is 11.9. The second kappa shape index (κ2) is 6.35. The van der Waals surface area contributed by atoms with E-state index in [1.165, 1.54) is 4.31 Å². The van der Waals surface area contributed by atoms with Crippen molar-refractivity contribution in [2.24, 2.45) is 0 Å². The summed E-state index contributed by atoms with van der Waals surface area (Å²) in [7, 11) is -3.27. The first-order valence-corrected chi connectivity index (χ1v) is 8.03. The third-order valence-electron chi connectivity index (χ3n) is 2.96. The van der Waals surface area contributed by atoms with Crippen molar-refractivity contribution in [1.82, 2.24) is 9.21 Å². The minimum atomic E-state index is -3.27. The average Bonchev–Trinajstić information content (AvgIpc) is 2.28. The molecule has 0 aromatic heterocycles. The molecule has 1 rings (SSSR count). The fourth-order valence-corrected chi connectivity index (χ4v) is 2.86. The zero-order valence-corrected chi connectivity index (χ0v) is 11.5. The lowest BCUT2D eigenvalue weighted by Gasteiger charge is -2.29. The van der Waals surface area contributed by atoms with Gasteiger partial charge in [-0.15, -0.1) is 0 Å². The molecule has 100 valence electrons. The van der Waals surface area contributed by atoms with E-state index in [-0.39, 0.29) is 12.5 Å². The molecule has 0 radical (unpaired) electrons. The van der Waals surface area contributed by atoms with Gasteiger partial charge in [-0.25, -0.2) is 8.42 Å². The van der Waals surface area contributed by atoms with Gasteiger partial charge in [-0.3, -0.25) is 4.79 Å². The molecule has 0 aliphatic carbocycles. The van der Waals surface area contributed by atoms with Crippen LogP contribution in [0.15, 0.2) is 0 Å². The quantitative estimate of drug-likeness (QED) is 0.732. The molecular formula is C11H22N2O3S. The van der Waals surface area contributed by atoms with Gasteiger partial charge in [-0.1, -0.05) is 6.92 Å². The van der Waals surface area contributed by atoms with Crippen LogP contribution >= 0.6 is 0 Å². The van der Waals surface area contributed by atoms with Crippen molar-refractivity contribution in [1.29, 1.82) is 0 Å². The molecule has 1 saturated heterocycles. The van der Waals surface area contributed by atoms with E-state index in [0.717, 1.165) is 45.0 Å². The number of sulfonamides is 1. The Morgan fingerprint density at radius 1 is 1.24 bits per heavy atom. The Bertz CT molecular complexity index is 348. The highest BCUT2D eigenvalue weighted by Crippen LogP contribution is 2.10. The Balaban J connectivity index is 2.57. The predicted molar refractivity (Wildman–Crippen MR) is 67.1 cm³/mol. The first-order chi connectivity index (χ1) is 7.95. The highest BCUT2D eigenvalue weighted by molar-refractivity contribution is 7.88. The smallest absolute Gasteiger partial charge is 0.237 e. The Labute approximate surface area is 104 Å². The molecule has 0 aromatic carbocycles. The molecule has 0 bridgehead atoms. The van der Waals surface area contributed by atoms with Gasteiger partial charge in [0.05, 0.1) is 12.8 Å². The monoisotopic (exact) mass is 262 g/mol. The van der Waals surface area contributed by atoms with Crippen molar-refractivity contribution >= 4 is 15.9 Å². The number of likely N-dealkylation sites (tertiary alicyclic amines) is 1. The van der Waals surface area contributed by atoms with E-state index in [1.807, 2.05) is 6.92 Å². The zero-order valence-electron chi connectivity index (χ0n) is 10.7. The standard InChI is InChI=1S/C11H22N2O3S/c1-3-7-13(17(2,15)16)10-11(14)12-8-5-4-6-9-12/h3-10H2,1-2H3. The number of amides is 1. The number of nitrogens with zero attached hydrogens (tertiary/aromatic N) is 2. The van der Waals surface area contributed by atoms with E-state index in [2.05, 4.69) is 0 Å². The third kappa shape index (κ3) is 4.63. The van der Waals surface area contributed by atoms with Crippen LogP contribution in [0.25, 0.3) is 0 Å². The largest absolute Gasteiger partial charge is 0.342 e. The van der Waals surface area contributed by atoms with E-state index in [0.29, 0.717) is 6.54 Å². The van der Waals surface area contributed by atoms with Crippen molar-refractivity contribution in [3.05, 3.63) is 0 Å². The summed E-state index contributed by atoms with van der Waals surface area (Å²) in [5.74, 6) is -0.0661. The number of rotatable bonds is 5.